The van der Waals surface area contributed by atoms with Gasteiger partial charge < -0.3 is 10.4 Å². The smallest absolute Gasteiger partial charge is 0.303 e. The topological polar surface area (TPSA) is 49.3 Å². The highest BCUT2D eigenvalue weighted by atomic mass is 35.5. The van der Waals surface area contributed by atoms with E-state index in [0.717, 1.165) is 25.8 Å². The average molecular weight is 208 g/mol. The van der Waals surface area contributed by atoms with Gasteiger partial charge in [0.1, 0.15) is 0 Å². The van der Waals surface area contributed by atoms with Crippen LogP contribution < -0.4 is 5.32 Å². The second-order valence-electron chi connectivity index (χ2n) is 3.45. The number of aliphatic carboxylic acids is 1. The zero-order valence-electron chi connectivity index (χ0n) is 7.95. The number of carboxylic acid groups (broad SMARTS) is 1. The average Bonchev–Trinajstić information content (AvgIpc) is 2.47. The lowest BCUT2D eigenvalue weighted by molar-refractivity contribution is -0.137. The van der Waals surface area contributed by atoms with Gasteiger partial charge in [-0.25, -0.2) is 0 Å². The lowest BCUT2D eigenvalue weighted by Gasteiger charge is -2.16. The van der Waals surface area contributed by atoms with Crippen molar-refractivity contribution in [3.8, 4) is 0 Å². The standard InChI is InChI=1S/C9H17NO2.ClH/c1-2-8-7(5-6-10-8)3-4-9(11)12;/h7-8,10H,2-6H2,1H3,(H,11,12);1H. The van der Waals surface area contributed by atoms with Crippen molar-refractivity contribution in [3.05, 3.63) is 0 Å². The van der Waals surface area contributed by atoms with Crippen molar-refractivity contribution in [2.75, 3.05) is 6.54 Å². The van der Waals surface area contributed by atoms with Crippen LogP contribution >= 0.6 is 12.4 Å². The van der Waals surface area contributed by atoms with Crippen LogP contribution in [0.1, 0.15) is 32.6 Å². The third-order valence-electron chi connectivity index (χ3n) is 2.66. The van der Waals surface area contributed by atoms with Crippen molar-refractivity contribution >= 4 is 18.4 Å². The van der Waals surface area contributed by atoms with Gasteiger partial charge in [0.2, 0.25) is 0 Å². The van der Waals surface area contributed by atoms with Gasteiger partial charge in [0, 0.05) is 12.5 Å². The highest BCUT2D eigenvalue weighted by molar-refractivity contribution is 5.85. The lowest BCUT2D eigenvalue weighted by atomic mass is 9.94. The number of carboxylic acids is 1. The predicted molar refractivity (Wildman–Crippen MR) is 54.3 cm³/mol. The van der Waals surface area contributed by atoms with Crippen LogP contribution in [0.15, 0.2) is 0 Å². The normalized spacial score (nSPS) is 26.8. The number of halogens is 1. The molecule has 0 aromatic rings. The zero-order valence-corrected chi connectivity index (χ0v) is 8.77. The van der Waals surface area contributed by atoms with Gasteiger partial charge in [-0.2, -0.15) is 0 Å². The van der Waals surface area contributed by atoms with Gasteiger partial charge in [0.25, 0.3) is 0 Å². The van der Waals surface area contributed by atoms with Crippen LogP contribution in [0.3, 0.4) is 0 Å². The monoisotopic (exact) mass is 207 g/mol. The van der Waals surface area contributed by atoms with Gasteiger partial charge in [-0.3, -0.25) is 4.79 Å². The van der Waals surface area contributed by atoms with Crippen molar-refractivity contribution < 1.29 is 9.90 Å². The maximum atomic E-state index is 10.3. The number of rotatable bonds is 4. The fourth-order valence-corrected chi connectivity index (χ4v) is 1.95. The van der Waals surface area contributed by atoms with Crippen LogP contribution in [-0.4, -0.2) is 23.7 Å². The molecule has 1 fully saturated rings. The molecule has 0 bridgehead atoms. The van der Waals surface area contributed by atoms with E-state index in [0.29, 0.717) is 18.4 Å². The molecule has 1 aliphatic heterocycles. The fourth-order valence-electron chi connectivity index (χ4n) is 1.95. The summed E-state index contributed by atoms with van der Waals surface area (Å²) in [5.41, 5.74) is 0. The second kappa shape index (κ2) is 6.22. The Labute approximate surface area is 85.3 Å². The van der Waals surface area contributed by atoms with Crippen molar-refractivity contribution in [1.82, 2.24) is 5.32 Å². The summed E-state index contributed by atoms with van der Waals surface area (Å²) in [7, 11) is 0. The van der Waals surface area contributed by atoms with Crippen molar-refractivity contribution in [2.24, 2.45) is 5.92 Å². The number of hydrogen-bond donors (Lipinski definition) is 2. The molecule has 4 heteroatoms. The Morgan fingerprint density at radius 3 is 2.85 bits per heavy atom. The molecule has 1 heterocycles. The van der Waals surface area contributed by atoms with Gasteiger partial charge >= 0.3 is 5.97 Å². The quantitative estimate of drug-likeness (QED) is 0.737. The minimum absolute atomic E-state index is 0. The molecule has 2 atom stereocenters. The van der Waals surface area contributed by atoms with Gasteiger partial charge in [-0.05, 0) is 31.7 Å². The molecule has 1 aliphatic rings. The van der Waals surface area contributed by atoms with Gasteiger partial charge in [0.15, 0.2) is 0 Å². The summed E-state index contributed by atoms with van der Waals surface area (Å²) in [6.07, 6.45) is 3.42. The first-order valence-electron chi connectivity index (χ1n) is 4.69. The minimum atomic E-state index is -0.670. The fraction of sp³-hybridized carbons (Fsp3) is 0.889. The molecule has 78 valence electrons. The van der Waals surface area contributed by atoms with E-state index < -0.39 is 5.97 Å². The van der Waals surface area contributed by atoms with Crippen molar-refractivity contribution in [3.63, 3.8) is 0 Å². The third-order valence-corrected chi connectivity index (χ3v) is 2.66. The molecule has 2 unspecified atom stereocenters. The maximum absolute atomic E-state index is 10.3. The number of nitrogens with one attached hydrogen (secondary N) is 1. The first kappa shape index (κ1) is 12.7. The van der Waals surface area contributed by atoms with E-state index in [1.54, 1.807) is 0 Å². The third kappa shape index (κ3) is 3.96. The number of carbonyl (C=O) groups is 1. The molecule has 0 radical (unpaired) electrons. The van der Waals surface area contributed by atoms with Crippen LogP contribution in [0.25, 0.3) is 0 Å². The molecule has 0 aromatic heterocycles. The Hall–Kier alpha value is -0.280. The largest absolute Gasteiger partial charge is 0.481 e. The zero-order chi connectivity index (χ0) is 8.97. The number of hydrogen-bond acceptors (Lipinski definition) is 2. The van der Waals surface area contributed by atoms with Gasteiger partial charge in [0.05, 0.1) is 0 Å². The van der Waals surface area contributed by atoms with Crippen LogP contribution in [0.2, 0.25) is 0 Å². The highest BCUT2D eigenvalue weighted by Crippen LogP contribution is 2.22. The van der Waals surface area contributed by atoms with Crippen LogP contribution in [0, 0.1) is 5.92 Å². The summed E-state index contributed by atoms with van der Waals surface area (Å²) in [5.74, 6) is -0.0807. The van der Waals surface area contributed by atoms with E-state index in [2.05, 4.69) is 12.2 Å². The van der Waals surface area contributed by atoms with E-state index >= 15 is 0 Å². The Kier molecular flexibility index (Phi) is 6.08. The summed E-state index contributed by atoms with van der Waals surface area (Å²) in [5, 5.41) is 11.9. The molecule has 3 nitrogen and oxygen atoms in total. The maximum Gasteiger partial charge on any atom is 0.303 e. The summed E-state index contributed by atoms with van der Waals surface area (Å²) >= 11 is 0. The first-order valence-corrected chi connectivity index (χ1v) is 4.69. The van der Waals surface area contributed by atoms with Crippen LogP contribution in [-0.2, 0) is 4.79 Å². The Bertz CT molecular complexity index is 164. The Balaban J connectivity index is 0.00000144. The van der Waals surface area contributed by atoms with Crippen LogP contribution in [0.4, 0.5) is 0 Å². The predicted octanol–water partition coefficient (Wildman–Crippen LogP) is 1.66. The lowest BCUT2D eigenvalue weighted by Crippen LogP contribution is -2.26. The van der Waals surface area contributed by atoms with E-state index in [4.69, 9.17) is 5.11 Å². The highest BCUT2D eigenvalue weighted by Gasteiger charge is 2.25. The Morgan fingerprint density at radius 2 is 2.31 bits per heavy atom. The summed E-state index contributed by atoms with van der Waals surface area (Å²) in [4.78, 5) is 10.3. The molecule has 1 saturated heterocycles. The van der Waals surface area contributed by atoms with Crippen LogP contribution in [0.5, 0.6) is 0 Å². The molecule has 0 saturated carbocycles. The molecule has 0 aliphatic carbocycles. The summed E-state index contributed by atoms with van der Waals surface area (Å²) in [6, 6.07) is 0.560. The molecule has 0 aromatic carbocycles. The molecule has 2 N–H and O–H groups in total. The molecule has 13 heavy (non-hydrogen) atoms. The minimum Gasteiger partial charge on any atom is -0.481 e. The van der Waals surface area contributed by atoms with Crippen molar-refractivity contribution in [2.45, 2.75) is 38.6 Å². The van der Waals surface area contributed by atoms with Crippen molar-refractivity contribution in [1.29, 1.82) is 0 Å². The molecule has 0 spiro atoms. The summed E-state index contributed by atoms with van der Waals surface area (Å²) in [6.45, 7) is 3.21. The molecular weight excluding hydrogens is 190 g/mol. The molecular formula is C9H18ClNO2. The molecule has 0 amide bonds. The Morgan fingerprint density at radius 1 is 1.62 bits per heavy atom. The van der Waals surface area contributed by atoms with E-state index in [1.165, 1.54) is 0 Å². The van der Waals surface area contributed by atoms with E-state index in [1.807, 2.05) is 0 Å². The molecule has 1 rings (SSSR count). The van der Waals surface area contributed by atoms with E-state index in [-0.39, 0.29) is 12.4 Å². The SMILES string of the molecule is CCC1NCCC1CCC(=O)O.Cl. The summed E-state index contributed by atoms with van der Waals surface area (Å²) < 4.78 is 0. The first-order chi connectivity index (χ1) is 5.74. The van der Waals surface area contributed by atoms with Gasteiger partial charge in [-0.15, -0.1) is 12.4 Å². The van der Waals surface area contributed by atoms with Gasteiger partial charge in [-0.1, -0.05) is 6.92 Å². The van der Waals surface area contributed by atoms with E-state index in [9.17, 15) is 4.79 Å². The second-order valence-corrected chi connectivity index (χ2v) is 3.45.